The molecule has 2 aliphatic heterocycles. The van der Waals surface area contributed by atoms with E-state index in [1.54, 1.807) is 29.2 Å². The summed E-state index contributed by atoms with van der Waals surface area (Å²) in [4.78, 5) is 39.2. The molecule has 0 saturated carbocycles. The van der Waals surface area contributed by atoms with Crippen molar-refractivity contribution in [2.75, 3.05) is 16.8 Å². The van der Waals surface area contributed by atoms with Crippen molar-refractivity contribution in [1.29, 1.82) is 0 Å². The molecule has 0 unspecified atom stereocenters. The average Bonchev–Trinajstić information content (AvgIpc) is 3.25. The Morgan fingerprint density at radius 2 is 1.81 bits per heavy atom. The summed E-state index contributed by atoms with van der Waals surface area (Å²) < 4.78 is 5.59. The van der Waals surface area contributed by atoms with Crippen LogP contribution in [0.3, 0.4) is 0 Å². The van der Waals surface area contributed by atoms with Crippen molar-refractivity contribution in [2.45, 2.75) is 25.4 Å². The molecule has 3 aromatic carbocycles. The highest BCUT2D eigenvalue weighted by Crippen LogP contribution is 2.31. The average molecular weight is 426 g/mol. The van der Waals surface area contributed by atoms with Crippen LogP contribution in [0.2, 0.25) is 0 Å². The van der Waals surface area contributed by atoms with Gasteiger partial charge in [0.25, 0.3) is 5.91 Å². The van der Waals surface area contributed by atoms with Gasteiger partial charge in [-0.25, -0.2) is 4.79 Å². The molecule has 32 heavy (non-hydrogen) atoms. The van der Waals surface area contributed by atoms with Gasteiger partial charge in [0.1, 0.15) is 6.10 Å². The summed E-state index contributed by atoms with van der Waals surface area (Å²) in [5.74, 6) is -0.550. The number of carbonyl (C=O) groups is 3. The van der Waals surface area contributed by atoms with E-state index < -0.39 is 0 Å². The number of hydrogen-bond donors (Lipinski definition) is 1. The van der Waals surface area contributed by atoms with Gasteiger partial charge in [-0.3, -0.25) is 9.59 Å². The summed E-state index contributed by atoms with van der Waals surface area (Å²) in [6, 6.07) is 21.9. The Morgan fingerprint density at radius 3 is 2.59 bits per heavy atom. The smallest absolute Gasteiger partial charge is 0.339 e. The quantitative estimate of drug-likeness (QED) is 0.623. The Labute approximate surface area is 185 Å². The largest absolute Gasteiger partial charge is 0.454 e. The zero-order valence-corrected chi connectivity index (χ0v) is 17.4. The van der Waals surface area contributed by atoms with E-state index in [0.29, 0.717) is 36.2 Å². The molecule has 1 N–H and O–H groups in total. The van der Waals surface area contributed by atoms with Gasteiger partial charge < -0.3 is 15.0 Å². The number of carbonyl (C=O) groups excluding carboxylic acids is 3. The highest BCUT2D eigenvalue weighted by atomic mass is 16.5. The van der Waals surface area contributed by atoms with Gasteiger partial charge in [0.2, 0.25) is 5.91 Å². The number of nitrogens with zero attached hydrogens (tertiary/aromatic N) is 1. The van der Waals surface area contributed by atoms with Gasteiger partial charge >= 0.3 is 5.97 Å². The Balaban J connectivity index is 1.36. The van der Waals surface area contributed by atoms with Gasteiger partial charge in [-0.2, -0.15) is 0 Å². The molecule has 3 aromatic rings. The predicted molar refractivity (Wildman–Crippen MR) is 121 cm³/mol. The molecule has 2 aliphatic rings. The Morgan fingerprint density at radius 1 is 0.969 bits per heavy atom. The van der Waals surface area contributed by atoms with Gasteiger partial charge in [0.05, 0.1) is 5.56 Å². The number of anilines is 2. The van der Waals surface area contributed by atoms with Crippen LogP contribution in [-0.2, 0) is 16.0 Å². The highest BCUT2D eigenvalue weighted by molar-refractivity contribution is 6.06. The molecule has 0 bridgehead atoms. The third-order valence-corrected chi connectivity index (χ3v) is 5.90. The minimum absolute atomic E-state index is 0.100. The summed E-state index contributed by atoms with van der Waals surface area (Å²) in [5, 5.41) is 2.90. The van der Waals surface area contributed by atoms with Gasteiger partial charge in [-0.1, -0.05) is 36.4 Å². The van der Waals surface area contributed by atoms with Crippen molar-refractivity contribution >= 4 is 29.2 Å². The first-order valence-corrected chi connectivity index (χ1v) is 10.7. The lowest BCUT2D eigenvalue weighted by atomic mass is 9.93. The minimum Gasteiger partial charge on any atom is -0.454 e. The third kappa shape index (κ3) is 3.87. The number of fused-ring (bicyclic) bond motifs is 1. The summed E-state index contributed by atoms with van der Waals surface area (Å²) in [5.41, 5.74) is 4.07. The van der Waals surface area contributed by atoms with Crippen molar-refractivity contribution in [1.82, 2.24) is 0 Å². The van der Waals surface area contributed by atoms with Crippen molar-refractivity contribution in [3.8, 4) is 0 Å². The van der Waals surface area contributed by atoms with Gasteiger partial charge in [-0.15, -0.1) is 0 Å². The molecule has 0 aromatic heterocycles. The standard InChI is InChI=1S/C26H22N2O4/c29-24-10-5-13-28(24)21-9-4-8-20(16-21)27-25(30)18-11-12-22-19(14-18)15-23(32-26(22)31)17-6-2-1-3-7-17/h1-4,6-9,11-12,14,16,23H,5,10,13,15H2,(H,27,30)/t23-/m0/s1. The normalized spacial score (nSPS) is 17.6. The Kier molecular flexibility index (Phi) is 5.19. The fourth-order valence-corrected chi connectivity index (χ4v) is 4.27. The van der Waals surface area contributed by atoms with Crippen LogP contribution < -0.4 is 10.2 Å². The second-order valence-electron chi connectivity index (χ2n) is 8.03. The second-order valence-corrected chi connectivity index (χ2v) is 8.03. The Hall–Kier alpha value is -3.93. The van der Waals surface area contributed by atoms with Crippen LogP contribution in [0.1, 0.15) is 50.8 Å². The van der Waals surface area contributed by atoms with Crippen LogP contribution in [-0.4, -0.2) is 24.3 Å². The maximum Gasteiger partial charge on any atom is 0.339 e. The highest BCUT2D eigenvalue weighted by Gasteiger charge is 2.28. The zero-order chi connectivity index (χ0) is 22.1. The van der Waals surface area contributed by atoms with Gasteiger partial charge in [0, 0.05) is 36.3 Å². The zero-order valence-electron chi connectivity index (χ0n) is 17.4. The molecule has 0 radical (unpaired) electrons. The van der Waals surface area contributed by atoms with Crippen molar-refractivity contribution in [2.24, 2.45) is 0 Å². The molecule has 160 valence electrons. The van der Waals surface area contributed by atoms with Crippen molar-refractivity contribution < 1.29 is 19.1 Å². The lowest BCUT2D eigenvalue weighted by molar-refractivity contribution is -0.117. The first-order chi connectivity index (χ1) is 15.6. The fourth-order valence-electron chi connectivity index (χ4n) is 4.27. The van der Waals surface area contributed by atoms with E-state index in [9.17, 15) is 14.4 Å². The predicted octanol–water partition coefficient (Wildman–Crippen LogP) is 4.52. The summed E-state index contributed by atoms with van der Waals surface area (Å²) in [6.07, 6.45) is 1.54. The van der Waals surface area contributed by atoms with Crippen LogP contribution in [0.5, 0.6) is 0 Å². The molecule has 6 nitrogen and oxygen atoms in total. The minimum atomic E-state index is -0.380. The SMILES string of the molecule is O=C(Nc1cccc(N2CCCC2=O)c1)c1ccc2c(c1)C[C@@H](c1ccccc1)OC2=O. The van der Waals surface area contributed by atoms with Crippen LogP contribution in [0.15, 0.2) is 72.8 Å². The number of nitrogens with one attached hydrogen (secondary N) is 1. The summed E-state index contributed by atoms with van der Waals surface area (Å²) >= 11 is 0. The molecule has 1 saturated heterocycles. The number of cyclic esters (lactones) is 1. The number of benzene rings is 3. The molecular weight excluding hydrogens is 404 g/mol. The molecule has 6 heteroatoms. The Bertz CT molecular complexity index is 1210. The molecule has 2 amide bonds. The first-order valence-electron chi connectivity index (χ1n) is 10.7. The topological polar surface area (TPSA) is 75.7 Å². The maximum absolute atomic E-state index is 12.9. The fraction of sp³-hybridized carbons (Fsp3) is 0.192. The van der Waals surface area contributed by atoms with E-state index in [4.69, 9.17) is 4.74 Å². The number of hydrogen-bond acceptors (Lipinski definition) is 4. The van der Waals surface area contributed by atoms with E-state index in [1.807, 2.05) is 48.5 Å². The first kappa shape index (κ1) is 20.0. The molecule has 0 spiro atoms. The van der Waals surface area contributed by atoms with Crippen LogP contribution in [0.25, 0.3) is 0 Å². The van der Waals surface area contributed by atoms with Crippen molar-refractivity contribution in [3.05, 3.63) is 95.1 Å². The third-order valence-electron chi connectivity index (χ3n) is 5.90. The van der Waals surface area contributed by atoms with Gasteiger partial charge in [-0.05, 0) is 53.9 Å². The lowest BCUT2D eigenvalue weighted by Gasteiger charge is -2.25. The van der Waals surface area contributed by atoms with E-state index in [2.05, 4.69) is 5.32 Å². The lowest BCUT2D eigenvalue weighted by Crippen LogP contribution is -2.24. The molecule has 2 heterocycles. The molecule has 1 atom stereocenters. The number of rotatable bonds is 4. The number of amides is 2. The summed E-state index contributed by atoms with van der Waals surface area (Å²) in [6.45, 7) is 0.694. The van der Waals surface area contributed by atoms with E-state index in [1.165, 1.54) is 0 Å². The van der Waals surface area contributed by atoms with Crippen LogP contribution >= 0.6 is 0 Å². The monoisotopic (exact) mass is 426 g/mol. The van der Waals surface area contributed by atoms with Gasteiger partial charge in [0.15, 0.2) is 0 Å². The molecule has 1 fully saturated rings. The van der Waals surface area contributed by atoms with Crippen LogP contribution in [0, 0.1) is 0 Å². The van der Waals surface area contributed by atoms with Crippen LogP contribution in [0.4, 0.5) is 11.4 Å². The van der Waals surface area contributed by atoms with E-state index in [0.717, 1.165) is 23.2 Å². The maximum atomic E-state index is 12.9. The molecule has 5 rings (SSSR count). The van der Waals surface area contributed by atoms with E-state index in [-0.39, 0.29) is 23.9 Å². The number of ether oxygens (including phenoxy) is 1. The number of esters is 1. The molecular formula is C26H22N2O4. The van der Waals surface area contributed by atoms with Crippen molar-refractivity contribution in [3.63, 3.8) is 0 Å². The second kappa shape index (κ2) is 8.30. The van der Waals surface area contributed by atoms with E-state index >= 15 is 0 Å². The summed E-state index contributed by atoms with van der Waals surface area (Å²) in [7, 11) is 0. The molecule has 0 aliphatic carbocycles.